The summed E-state index contributed by atoms with van der Waals surface area (Å²) in [6.45, 7) is 2.24. The Balaban J connectivity index is 3.42. The Labute approximate surface area is 122 Å². The fourth-order valence-electron chi connectivity index (χ4n) is 1.85. The summed E-state index contributed by atoms with van der Waals surface area (Å²) in [5.74, 6) is -1.95. The summed E-state index contributed by atoms with van der Waals surface area (Å²) in [4.78, 5) is 10.3. The zero-order chi connectivity index (χ0) is 15.1. The van der Waals surface area contributed by atoms with E-state index >= 15 is 0 Å². The first-order chi connectivity index (χ1) is 9.68. The average Bonchev–Trinajstić information content (AvgIpc) is 2.43. The van der Waals surface area contributed by atoms with E-state index < -0.39 is 11.7 Å². The molecule has 0 aliphatic rings. The molecule has 0 unspecified atom stereocenters. The van der Waals surface area contributed by atoms with Gasteiger partial charge in [0, 0.05) is 0 Å². The molecular formula is C17H28O3. The van der Waals surface area contributed by atoms with Gasteiger partial charge < -0.3 is 10.2 Å². The highest BCUT2D eigenvalue weighted by Crippen LogP contribution is 2.09. The van der Waals surface area contributed by atoms with Crippen LogP contribution in [0.2, 0.25) is 0 Å². The first-order valence-corrected chi connectivity index (χ1v) is 7.64. The van der Waals surface area contributed by atoms with Gasteiger partial charge in [-0.2, -0.15) is 0 Å². The van der Waals surface area contributed by atoms with Gasteiger partial charge in [0.05, 0.1) is 0 Å². The third-order valence-corrected chi connectivity index (χ3v) is 3.06. The summed E-state index contributed by atoms with van der Waals surface area (Å²) in [6, 6.07) is 0. The Hall–Kier alpha value is -1.51. The van der Waals surface area contributed by atoms with Crippen molar-refractivity contribution in [1.29, 1.82) is 0 Å². The summed E-state index contributed by atoms with van der Waals surface area (Å²) in [7, 11) is 0. The van der Waals surface area contributed by atoms with E-state index in [1.54, 1.807) is 6.08 Å². The molecule has 20 heavy (non-hydrogen) atoms. The maximum atomic E-state index is 10.3. The molecule has 0 atom stereocenters. The van der Waals surface area contributed by atoms with Crippen molar-refractivity contribution in [3.05, 3.63) is 36.1 Å². The standard InChI is InChI=1S/C17H28O3/c1-2-3-4-5-6-7-8-9-10-11-12-13-14-15-16(18)17(19)20/h11-15,18H,2-10H2,1H3,(H,19,20). The fraction of sp³-hybridized carbons (Fsp3) is 0.588. The van der Waals surface area contributed by atoms with Crippen LogP contribution < -0.4 is 0 Å². The molecule has 0 saturated heterocycles. The van der Waals surface area contributed by atoms with Gasteiger partial charge in [0.2, 0.25) is 5.76 Å². The molecule has 0 bridgehead atoms. The molecule has 0 aromatic rings. The average molecular weight is 280 g/mol. The lowest BCUT2D eigenvalue weighted by atomic mass is 10.1. The summed E-state index contributed by atoms with van der Waals surface area (Å²) in [6.07, 6.45) is 20.0. The van der Waals surface area contributed by atoms with Crippen LogP contribution in [0.25, 0.3) is 0 Å². The van der Waals surface area contributed by atoms with Gasteiger partial charge in [-0.1, -0.05) is 76.2 Å². The number of hydrogen-bond donors (Lipinski definition) is 2. The monoisotopic (exact) mass is 280 g/mol. The number of carbonyl (C=O) groups is 1. The smallest absolute Gasteiger partial charge is 0.370 e. The van der Waals surface area contributed by atoms with Gasteiger partial charge in [0.1, 0.15) is 0 Å². The summed E-state index contributed by atoms with van der Waals surface area (Å²) < 4.78 is 0. The summed E-state index contributed by atoms with van der Waals surface area (Å²) >= 11 is 0. The molecule has 114 valence electrons. The van der Waals surface area contributed by atoms with Crippen molar-refractivity contribution in [2.45, 2.75) is 64.7 Å². The first kappa shape index (κ1) is 18.5. The van der Waals surface area contributed by atoms with Crippen LogP contribution in [-0.2, 0) is 4.79 Å². The van der Waals surface area contributed by atoms with Crippen molar-refractivity contribution in [2.75, 3.05) is 0 Å². The Morgan fingerprint density at radius 1 is 0.850 bits per heavy atom. The van der Waals surface area contributed by atoms with Crippen molar-refractivity contribution in [1.82, 2.24) is 0 Å². The lowest BCUT2D eigenvalue weighted by Gasteiger charge is -1.99. The number of rotatable bonds is 12. The Morgan fingerprint density at radius 2 is 1.45 bits per heavy atom. The zero-order valence-electron chi connectivity index (χ0n) is 12.6. The number of aliphatic carboxylic acids is 1. The third kappa shape index (κ3) is 12.9. The van der Waals surface area contributed by atoms with Crippen LogP contribution in [0.1, 0.15) is 64.7 Å². The molecule has 2 N–H and O–H groups in total. The normalized spacial score (nSPS) is 12.6. The van der Waals surface area contributed by atoms with Crippen molar-refractivity contribution < 1.29 is 15.0 Å². The quantitative estimate of drug-likeness (QED) is 0.225. The molecule has 0 aromatic heterocycles. The first-order valence-electron chi connectivity index (χ1n) is 7.64. The minimum absolute atomic E-state index is 0.641. The maximum absolute atomic E-state index is 10.3. The van der Waals surface area contributed by atoms with Crippen molar-refractivity contribution in [3.8, 4) is 0 Å². The molecule has 0 aromatic carbocycles. The number of aliphatic hydroxyl groups excluding tert-OH is 1. The molecule has 0 amide bonds. The van der Waals surface area contributed by atoms with Crippen LogP contribution in [0.4, 0.5) is 0 Å². The second-order valence-electron chi connectivity index (χ2n) is 4.93. The number of unbranched alkanes of at least 4 members (excludes halogenated alkanes) is 8. The third-order valence-electron chi connectivity index (χ3n) is 3.06. The highest BCUT2D eigenvalue weighted by Gasteiger charge is 1.99. The molecule has 0 spiro atoms. The minimum atomic E-state index is -1.31. The van der Waals surface area contributed by atoms with E-state index in [1.165, 1.54) is 63.5 Å². The largest absolute Gasteiger partial charge is 0.502 e. The number of aliphatic hydroxyl groups is 1. The van der Waals surface area contributed by atoms with E-state index in [0.717, 1.165) is 6.42 Å². The van der Waals surface area contributed by atoms with E-state index in [2.05, 4.69) is 13.0 Å². The molecule has 0 heterocycles. The van der Waals surface area contributed by atoms with Crippen LogP contribution >= 0.6 is 0 Å². The molecule has 0 aliphatic carbocycles. The van der Waals surface area contributed by atoms with Crippen LogP contribution in [0, 0.1) is 0 Å². The second kappa shape index (κ2) is 13.9. The highest BCUT2D eigenvalue weighted by molar-refractivity contribution is 5.83. The minimum Gasteiger partial charge on any atom is -0.502 e. The van der Waals surface area contributed by atoms with Gasteiger partial charge in [0.15, 0.2) is 0 Å². The van der Waals surface area contributed by atoms with Crippen LogP contribution in [0.15, 0.2) is 36.1 Å². The fourth-order valence-corrected chi connectivity index (χ4v) is 1.85. The molecule has 0 aliphatic heterocycles. The summed E-state index contributed by atoms with van der Waals surface area (Å²) in [5, 5.41) is 17.3. The van der Waals surface area contributed by atoms with Crippen molar-refractivity contribution >= 4 is 5.97 Å². The lowest BCUT2D eigenvalue weighted by Crippen LogP contribution is -1.97. The Kier molecular flexibility index (Phi) is 12.9. The summed E-state index contributed by atoms with van der Waals surface area (Å²) in [5.41, 5.74) is 0. The molecular weight excluding hydrogens is 252 g/mol. The Morgan fingerprint density at radius 3 is 2.05 bits per heavy atom. The van der Waals surface area contributed by atoms with E-state index in [4.69, 9.17) is 10.2 Å². The van der Waals surface area contributed by atoms with E-state index in [0.29, 0.717) is 0 Å². The molecule has 3 nitrogen and oxygen atoms in total. The lowest BCUT2D eigenvalue weighted by molar-refractivity contribution is -0.135. The number of carboxylic acids is 1. The number of hydrogen-bond acceptors (Lipinski definition) is 2. The second-order valence-corrected chi connectivity index (χ2v) is 4.93. The van der Waals surface area contributed by atoms with Gasteiger partial charge in [-0.15, -0.1) is 0 Å². The van der Waals surface area contributed by atoms with Crippen LogP contribution in [-0.4, -0.2) is 16.2 Å². The predicted molar refractivity (Wildman–Crippen MR) is 83.9 cm³/mol. The Bertz CT molecular complexity index is 327. The predicted octanol–water partition coefficient (Wildman–Crippen LogP) is 5.16. The SMILES string of the molecule is CCCCCCCCCCC=CC=CC=C(O)C(=O)O. The van der Waals surface area contributed by atoms with Gasteiger partial charge in [-0.3, -0.25) is 0 Å². The van der Waals surface area contributed by atoms with Gasteiger partial charge >= 0.3 is 5.97 Å². The highest BCUT2D eigenvalue weighted by atomic mass is 16.4. The van der Waals surface area contributed by atoms with Crippen LogP contribution in [0.3, 0.4) is 0 Å². The van der Waals surface area contributed by atoms with E-state index in [1.807, 2.05) is 6.08 Å². The van der Waals surface area contributed by atoms with Crippen LogP contribution in [0.5, 0.6) is 0 Å². The van der Waals surface area contributed by atoms with Gasteiger partial charge in [-0.05, 0) is 18.9 Å². The molecule has 0 rings (SSSR count). The molecule has 0 fully saturated rings. The molecule has 0 radical (unpaired) electrons. The maximum Gasteiger partial charge on any atom is 0.370 e. The topological polar surface area (TPSA) is 57.5 Å². The van der Waals surface area contributed by atoms with E-state index in [-0.39, 0.29) is 0 Å². The van der Waals surface area contributed by atoms with Crippen molar-refractivity contribution in [3.63, 3.8) is 0 Å². The number of allylic oxidation sites excluding steroid dienone is 5. The number of carboxylic acid groups (broad SMARTS) is 1. The van der Waals surface area contributed by atoms with Gasteiger partial charge in [0.25, 0.3) is 0 Å². The molecule has 0 saturated carbocycles. The molecule has 3 heteroatoms. The zero-order valence-corrected chi connectivity index (χ0v) is 12.6. The van der Waals surface area contributed by atoms with Crippen molar-refractivity contribution in [2.24, 2.45) is 0 Å². The van der Waals surface area contributed by atoms with Gasteiger partial charge in [-0.25, -0.2) is 4.79 Å². The van der Waals surface area contributed by atoms with E-state index in [9.17, 15) is 4.79 Å².